The fourth-order valence-corrected chi connectivity index (χ4v) is 1.46. The normalized spacial score (nSPS) is 11.8. The first-order chi connectivity index (χ1) is 8.88. The second kappa shape index (κ2) is 6.53. The molecule has 8 heteroatoms. The minimum atomic E-state index is -0.940. The molecule has 0 radical (unpaired) electrons. The highest BCUT2D eigenvalue weighted by Crippen LogP contribution is 1.96. The van der Waals surface area contributed by atoms with E-state index in [9.17, 15) is 19.2 Å². The van der Waals surface area contributed by atoms with E-state index in [1.165, 1.54) is 0 Å². The number of rotatable bonds is 6. The van der Waals surface area contributed by atoms with E-state index in [0.29, 0.717) is 6.42 Å². The summed E-state index contributed by atoms with van der Waals surface area (Å²) in [5.74, 6) is -1.41. The van der Waals surface area contributed by atoms with Crippen LogP contribution in [0, 0.1) is 0 Å². The number of carboxylic acid groups (broad SMARTS) is 1. The van der Waals surface area contributed by atoms with Crippen molar-refractivity contribution in [2.45, 2.75) is 32.4 Å². The molecule has 0 spiro atoms. The molecule has 1 rings (SSSR count). The van der Waals surface area contributed by atoms with Gasteiger partial charge in [0, 0.05) is 24.6 Å². The van der Waals surface area contributed by atoms with Gasteiger partial charge in [0.15, 0.2) is 0 Å². The minimum Gasteiger partial charge on any atom is -0.481 e. The van der Waals surface area contributed by atoms with Gasteiger partial charge in [-0.2, -0.15) is 0 Å². The zero-order chi connectivity index (χ0) is 14.4. The summed E-state index contributed by atoms with van der Waals surface area (Å²) in [5.41, 5.74) is -0.973. The number of aromatic amines is 1. The van der Waals surface area contributed by atoms with Gasteiger partial charge < -0.3 is 10.4 Å². The van der Waals surface area contributed by atoms with Gasteiger partial charge in [0.1, 0.15) is 6.54 Å². The number of hydrogen-bond donors (Lipinski definition) is 3. The Hall–Kier alpha value is -2.38. The summed E-state index contributed by atoms with van der Waals surface area (Å²) in [4.78, 5) is 44.3. The molecule has 8 nitrogen and oxygen atoms in total. The van der Waals surface area contributed by atoms with E-state index < -0.39 is 23.0 Å². The van der Waals surface area contributed by atoms with Crippen molar-refractivity contribution in [3.05, 3.63) is 32.8 Å². The zero-order valence-electron chi connectivity index (χ0n) is 10.4. The maximum absolute atomic E-state index is 11.6. The van der Waals surface area contributed by atoms with Crippen LogP contribution >= 0.6 is 0 Å². The molecule has 19 heavy (non-hydrogen) atoms. The summed E-state index contributed by atoms with van der Waals surface area (Å²) in [6.45, 7) is 1.35. The molecule has 0 fully saturated rings. The number of H-pyrrole nitrogens is 1. The molecule has 0 saturated carbocycles. The van der Waals surface area contributed by atoms with Crippen molar-refractivity contribution >= 4 is 11.9 Å². The largest absolute Gasteiger partial charge is 0.481 e. The summed E-state index contributed by atoms with van der Waals surface area (Å²) < 4.78 is 0.890. The molecule has 0 bridgehead atoms. The number of carboxylic acids is 1. The van der Waals surface area contributed by atoms with Crippen molar-refractivity contribution in [3.63, 3.8) is 0 Å². The van der Waals surface area contributed by atoms with E-state index in [-0.39, 0.29) is 19.0 Å². The Morgan fingerprint density at radius 3 is 2.74 bits per heavy atom. The molecule has 0 aliphatic rings. The van der Waals surface area contributed by atoms with Gasteiger partial charge in [-0.15, -0.1) is 0 Å². The van der Waals surface area contributed by atoms with Crippen LogP contribution in [0.3, 0.4) is 0 Å². The molecule has 1 heterocycles. The quantitative estimate of drug-likeness (QED) is 0.605. The van der Waals surface area contributed by atoms with Gasteiger partial charge in [0.05, 0.1) is 0 Å². The number of carbonyl (C=O) groups is 2. The number of nitrogens with one attached hydrogen (secondary N) is 2. The number of nitrogens with zero attached hydrogens (tertiary/aromatic N) is 1. The van der Waals surface area contributed by atoms with E-state index in [4.69, 9.17) is 5.11 Å². The third-order valence-corrected chi connectivity index (χ3v) is 2.39. The molecule has 1 atom stereocenters. The zero-order valence-corrected chi connectivity index (χ0v) is 10.4. The number of carbonyl (C=O) groups excluding carboxylic acids is 1. The molecule has 104 valence electrons. The Kier molecular flexibility index (Phi) is 5.04. The molecule has 1 aromatic heterocycles. The van der Waals surface area contributed by atoms with Crippen molar-refractivity contribution < 1.29 is 14.7 Å². The van der Waals surface area contributed by atoms with Crippen molar-refractivity contribution in [2.24, 2.45) is 0 Å². The fraction of sp³-hybridized carbons (Fsp3) is 0.455. The van der Waals surface area contributed by atoms with E-state index in [0.717, 1.165) is 16.8 Å². The SMILES string of the molecule is CC(CCC(=O)O)NC(=O)Cn1[nH]c(=O)ccc1=O. The Morgan fingerprint density at radius 1 is 1.42 bits per heavy atom. The van der Waals surface area contributed by atoms with Crippen LogP contribution in [0.4, 0.5) is 0 Å². The molecular weight excluding hydrogens is 254 g/mol. The monoisotopic (exact) mass is 269 g/mol. The number of hydrogen-bond acceptors (Lipinski definition) is 4. The molecule has 3 N–H and O–H groups in total. The predicted molar refractivity (Wildman–Crippen MR) is 65.8 cm³/mol. The lowest BCUT2D eigenvalue weighted by molar-refractivity contribution is -0.137. The highest BCUT2D eigenvalue weighted by molar-refractivity contribution is 5.76. The summed E-state index contributed by atoms with van der Waals surface area (Å²) in [5, 5.41) is 13.3. The van der Waals surface area contributed by atoms with Crippen LogP contribution in [-0.2, 0) is 16.1 Å². The predicted octanol–water partition coefficient (Wildman–Crippen LogP) is -1.09. The highest BCUT2D eigenvalue weighted by Gasteiger charge is 2.10. The summed E-state index contributed by atoms with van der Waals surface area (Å²) in [7, 11) is 0. The molecule has 0 aromatic carbocycles. The van der Waals surface area contributed by atoms with Gasteiger partial charge in [-0.1, -0.05) is 0 Å². The lowest BCUT2D eigenvalue weighted by Gasteiger charge is -2.13. The van der Waals surface area contributed by atoms with Crippen LogP contribution in [0.5, 0.6) is 0 Å². The molecular formula is C11H15N3O5. The van der Waals surface area contributed by atoms with Gasteiger partial charge >= 0.3 is 5.97 Å². The average Bonchev–Trinajstić information content (AvgIpc) is 2.31. The van der Waals surface area contributed by atoms with Crippen LogP contribution in [0.25, 0.3) is 0 Å². The summed E-state index contributed by atoms with van der Waals surface area (Å²) >= 11 is 0. The number of aliphatic carboxylic acids is 1. The lowest BCUT2D eigenvalue weighted by atomic mass is 10.2. The maximum atomic E-state index is 11.6. The smallest absolute Gasteiger partial charge is 0.303 e. The van der Waals surface area contributed by atoms with Crippen LogP contribution in [0.2, 0.25) is 0 Å². The van der Waals surface area contributed by atoms with E-state index in [1.54, 1.807) is 6.92 Å². The highest BCUT2D eigenvalue weighted by atomic mass is 16.4. The molecule has 0 saturated heterocycles. The topological polar surface area (TPSA) is 121 Å². The Bertz CT molecular complexity index is 574. The molecule has 0 aliphatic carbocycles. The second-order valence-corrected chi connectivity index (χ2v) is 4.13. The standard InChI is InChI=1S/C11H15N3O5/c1-7(2-5-11(18)19)12-9(16)6-14-10(17)4-3-8(15)13-14/h3-4,7H,2,5-6H2,1H3,(H,12,16)(H,13,15)(H,18,19). The van der Waals surface area contributed by atoms with Crippen LogP contribution in [-0.4, -0.2) is 32.8 Å². The average molecular weight is 269 g/mol. The third kappa shape index (κ3) is 5.19. The maximum Gasteiger partial charge on any atom is 0.303 e. The number of aromatic nitrogens is 2. The van der Waals surface area contributed by atoms with Gasteiger partial charge in [0.2, 0.25) is 5.91 Å². The minimum absolute atomic E-state index is 0.0520. The second-order valence-electron chi connectivity index (χ2n) is 4.13. The Morgan fingerprint density at radius 2 is 2.11 bits per heavy atom. The van der Waals surface area contributed by atoms with Gasteiger partial charge in [0.25, 0.3) is 11.1 Å². The molecule has 1 unspecified atom stereocenters. The van der Waals surface area contributed by atoms with Gasteiger partial charge in [-0.3, -0.25) is 24.3 Å². The molecule has 0 aliphatic heterocycles. The fourth-order valence-electron chi connectivity index (χ4n) is 1.46. The first-order valence-electron chi connectivity index (χ1n) is 5.70. The summed E-state index contributed by atoms with van der Waals surface area (Å²) in [6.07, 6.45) is 0.241. The van der Waals surface area contributed by atoms with E-state index >= 15 is 0 Å². The molecule has 1 amide bonds. The van der Waals surface area contributed by atoms with Gasteiger partial charge in [-0.25, -0.2) is 4.68 Å². The Labute approximate surface area is 108 Å². The summed E-state index contributed by atoms with van der Waals surface area (Å²) in [6, 6.07) is 1.82. The lowest BCUT2D eigenvalue weighted by Crippen LogP contribution is -2.39. The third-order valence-electron chi connectivity index (χ3n) is 2.39. The first kappa shape index (κ1) is 14.7. The van der Waals surface area contributed by atoms with Crippen molar-refractivity contribution in [1.29, 1.82) is 0 Å². The first-order valence-corrected chi connectivity index (χ1v) is 5.70. The van der Waals surface area contributed by atoms with Crippen LogP contribution < -0.4 is 16.4 Å². The Balaban J connectivity index is 2.55. The van der Waals surface area contributed by atoms with Crippen LogP contribution in [0.15, 0.2) is 21.7 Å². The van der Waals surface area contributed by atoms with Crippen molar-refractivity contribution in [1.82, 2.24) is 15.1 Å². The van der Waals surface area contributed by atoms with Crippen LogP contribution in [0.1, 0.15) is 19.8 Å². The molecule has 1 aromatic rings. The number of amides is 1. The van der Waals surface area contributed by atoms with Crippen molar-refractivity contribution in [3.8, 4) is 0 Å². The van der Waals surface area contributed by atoms with Gasteiger partial charge in [-0.05, 0) is 13.3 Å². The van der Waals surface area contributed by atoms with Crippen molar-refractivity contribution in [2.75, 3.05) is 0 Å². The van der Waals surface area contributed by atoms with E-state index in [2.05, 4.69) is 10.4 Å². The van der Waals surface area contributed by atoms with E-state index in [1.807, 2.05) is 0 Å².